The Balaban J connectivity index is 1.90. The van der Waals surface area contributed by atoms with Gasteiger partial charge in [-0.25, -0.2) is 4.39 Å². The summed E-state index contributed by atoms with van der Waals surface area (Å²) in [5.41, 5.74) is 1.00. The lowest BCUT2D eigenvalue weighted by Gasteiger charge is -2.20. The summed E-state index contributed by atoms with van der Waals surface area (Å²) in [6.45, 7) is 1.25. The van der Waals surface area contributed by atoms with Crippen LogP contribution >= 0.6 is 15.9 Å². The van der Waals surface area contributed by atoms with E-state index in [1.165, 1.54) is 12.1 Å². The van der Waals surface area contributed by atoms with Gasteiger partial charge in [-0.2, -0.15) is 0 Å². The molecule has 0 unspecified atom stereocenters. The molecule has 2 aromatic rings. The molecule has 21 heavy (non-hydrogen) atoms. The number of halogens is 2. The number of carbonyl (C=O) groups excluding carboxylic acids is 1. The van der Waals surface area contributed by atoms with Gasteiger partial charge in [-0.3, -0.25) is 4.79 Å². The molecule has 0 bridgehead atoms. The number of benzene rings is 2. The first-order chi connectivity index (χ1) is 10.1. The average Bonchev–Trinajstić information content (AvgIpc) is 2.71. The van der Waals surface area contributed by atoms with E-state index in [1.54, 1.807) is 11.0 Å². The van der Waals surface area contributed by atoms with Crippen LogP contribution in [-0.4, -0.2) is 24.0 Å². The zero-order valence-electron chi connectivity index (χ0n) is 11.2. The molecule has 0 saturated carbocycles. The summed E-state index contributed by atoms with van der Waals surface area (Å²) in [4.78, 5) is 14.2. The minimum atomic E-state index is -0.512. The third kappa shape index (κ3) is 2.93. The molecule has 1 amide bonds. The van der Waals surface area contributed by atoms with Gasteiger partial charge in [0.25, 0.3) is 5.91 Å². The number of fused-ring (bicyclic) bond motifs is 1. The molecule has 0 fully saturated rings. The van der Waals surface area contributed by atoms with Crippen molar-refractivity contribution in [1.82, 2.24) is 4.90 Å². The molecule has 108 valence electrons. The van der Waals surface area contributed by atoms with Gasteiger partial charge >= 0.3 is 0 Å². The zero-order valence-corrected chi connectivity index (χ0v) is 12.8. The molecule has 0 atom stereocenters. The van der Waals surface area contributed by atoms with Crippen molar-refractivity contribution in [1.29, 1.82) is 0 Å². The van der Waals surface area contributed by atoms with Crippen LogP contribution < -0.4 is 4.74 Å². The SMILES string of the molecule is O=C(c1cc(Br)ccc1F)N1CCOc2ccccc2C1. The van der Waals surface area contributed by atoms with E-state index in [9.17, 15) is 9.18 Å². The van der Waals surface area contributed by atoms with Crippen molar-refractivity contribution in [2.75, 3.05) is 13.2 Å². The van der Waals surface area contributed by atoms with Crippen molar-refractivity contribution in [3.05, 3.63) is 63.9 Å². The summed E-state index contributed by atoms with van der Waals surface area (Å²) < 4.78 is 20.2. The van der Waals surface area contributed by atoms with Crippen LogP contribution in [0.15, 0.2) is 46.9 Å². The van der Waals surface area contributed by atoms with E-state index in [-0.39, 0.29) is 11.5 Å². The number of rotatable bonds is 1. The van der Waals surface area contributed by atoms with Gasteiger partial charge in [-0.05, 0) is 24.3 Å². The summed E-state index contributed by atoms with van der Waals surface area (Å²) in [6.07, 6.45) is 0. The molecule has 1 aliphatic rings. The standard InChI is InChI=1S/C16H13BrFNO2/c17-12-5-6-14(18)13(9-12)16(20)19-7-8-21-15-4-2-1-3-11(15)10-19/h1-6,9H,7-8,10H2. The second-order valence-corrected chi connectivity index (χ2v) is 5.72. The van der Waals surface area contributed by atoms with Gasteiger partial charge in [0.2, 0.25) is 0 Å². The van der Waals surface area contributed by atoms with Gasteiger partial charge in [0.15, 0.2) is 0 Å². The highest BCUT2D eigenvalue weighted by molar-refractivity contribution is 9.10. The molecular formula is C16H13BrFNO2. The molecule has 0 aliphatic carbocycles. The number of nitrogens with zero attached hydrogens (tertiary/aromatic N) is 1. The Morgan fingerprint density at radius 3 is 2.90 bits per heavy atom. The normalized spacial score (nSPS) is 14.1. The van der Waals surface area contributed by atoms with E-state index < -0.39 is 5.82 Å². The zero-order chi connectivity index (χ0) is 14.8. The van der Waals surface area contributed by atoms with E-state index in [2.05, 4.69) is 15.9 Å². The van der Waals surface area contributed by atoms with E-state index in [4.69, 9.17) is 4.74 Å². The topological polar surface area (TPSA) is 29.5 Å². The Labute approximate surface area is 130 Å². The fourth-order valence-electron chi connectivity index (χ4n) is 2.33. The van der Waals surface area contributed by atoms with Gasteiger partial charge < -0.3 is 9.64 Å². The third-order valence-electron chi connectivity index (χ3n) is 3.40. The number of ether oxygens (including phenoxy) is 1. The van der Waals surface area contributed by atoms with Crippen molar-refractivity contribution in [2.24, 2.45) is 0 Å². The molecular weight excluding hydrogens is 337 g/mol. The molecule has 1 aliphatic heterocycles. The van der Waals surface area contributed by atoms with Crippen LogP contribution in [0.25, 0.3) is 0 Å². The second-order valence-electron chi connectivity index (χ2n) is 4.81. The summed E-state index contributed by atoms with van der Waals surface area (Å²) in [5, 5.41) is 0. The maximum absolute atomic E-state index is 13.9. The van der Waals surface area contributed by atoms with E-state index in [1.807, 2.05) is 24.3 Å². The van der Waals surface area contributed by atoms with Gasteiger partial charge in [-0.1, -0.05) is 34.1 Å². The molecule has 0 spiro atoms. The Hall–Kier alpha value is -1.88. The lowest BCUT2D eigenvalue weighted by Crippen LogP contribution is -2.33. The predicted molar refractivity (Wildman–Crippen MR) is 80.8 cm³/mol. The Morgan fingerprint density at radius 1 is 1.24 bits per heavy atom. The molecule has 0 N–H and O–H groups in total. The molecule has 3 nitrogen and oxygen atoms in total. The molecule has 2 aromatic carbocycles. The molecule has 0 aromatic heterocycles. The first kappa shape index (κ1) is 14.1. The molecule has 5 heteroatoms. The number of carbonyl (C=O) groups is 1. The monoisotopic (exact) mass is 349 g/mol. The number of para-hydroxylation sites is 1. The van der Waals surface area contributed by atoms with Crippen LogP contribution in [0.3, 0.4) is 0 Å². The average molecular weight is 350 g/mol. The Kier molecular flexibility index (Phi) is 3.92. The molecule has 3 rings (SSSR count). The third-order valence-corrected chi connectivity index (χ3v) is 3.89. The van der Waals surface area contributed by atoms with Crippen molar-refractivity contribution >= 4 is 21.8 Å². The van der Waals surface area contributed by atoms with Crippen LogP contribution in [-0.2, 0) is 6.54 Å². The van der Waals surface area contributed by atoms with Crippen molar-refractivity contribution in [3.8, 4) is 5.75 Å². The summed E-state index contributed by atoms with van der Waals surface area (Å²) in [7, 11) is 0. The highest BCUT2D eigenvalue weighted by atomic mass is 79.9. The maximum atomic E-state index is 13.9. The quantitative estimate of drug-likeness (QED) is 0.786. The van der Waals surface area contributed by atoms with Crippen LogP contribution in [0, 0.1) is 5.82 Å². The highest BCUT2D eigenvalue weighted by Gasteiger charge is 2.23. The Morgan fingerprint density at radius 2 is 2.05 bits per heavy atom. The fourth-order valence-corrected chi connectivity index (χ4v) is 2.69. The smallest absolute Gasteiger partial charge is 0.257 e. The van der Waals surface area contributed by atoms with Crippen LogP contribution in [0.1, 0.15) is 15.9 Å². The number of hydrogen-bond donors (Lipinski definition) is 0. The van der Waals surface area contributed by atoms with Gasteiger partial charge in [0.05, 0.1) is 12.1 Å². The van der Waals surface area contributed by atoms with Gasteiger partial charge in [-0.15, -0.1) is 0 Å². The van der Waals surface area contributed by atoms with Crippen molar-refractivity contribution in [3.63, 3.8) is 0 Å². The van der Waals surface area contributed by atoms with E-state index in [0.29, 0.717) is 24.2 Å². The van der Waals surface area contributed by atoms with Gasteiger partial charge in [0.1, 0.15) is 18.2 Å². The fraction of sp³-hybridized carbons (Fsp3) is 0.188. The molecule has 0 saturated heterocycles. The molecule has 0 radical (unpaired) electrons. The number of hydrogen-bond acceptors (Lipinski definition) is 2. The van der Waals surface area contributed by atoms with Crippen LogP contribution in [0.2, 0.25) is 0 Å². The predicted octanol–water partition coefficient (Wildman–Crippen LogP) is 3.62. The van der Waals surface area contributed by atoms with Crippen LogP contribution in [0.5, 0.6) is 5.75 Å². The second kappa shape index (κ2) is 5.85. The highest BCUT2D eigenvalue weighted by Crippen LogP contribution is 2.24. The lowest BCUT2D eigenvalue weighted by atomic mass is 10.1. The first-order valence-corrected chi connectivity index (χ1v) is 7.39. The Bertz CT molecular complexity index is 690. The minimum Gasteiger partial charge on any atom is -0.491 e. The van der Waals surface area contributed by atoms with Crippen molar-refractivity contribution in [2.45, 2.75) is 6.54 Å². The van der Waals surface area contributed by atoms with E-state index in [0.717, 1.165) is 11.3 Å². The van der Waals surface area contributed by atoms with Crippen LogP contribution in [0.4, 0.5) is 4.39 Å². The largest absolute Gasteiger partial charge is 0.491 e. The number of amides is 1. The first-order valence-electron chi connectivity index (χ1n) is 6.60. The lowest BCUT2D eigenvalue weighted by molar-refractivity contribution is 0.0728. The molecule has 1 heterocycles. The minimum absolute atomic E-state index is 0.0729. The summed E-state index contributed by atoms with van der Waals surface area (Å²) in [6, 6.07) is 12.0. The van der Waals surface area contributed by atoms with Gasteiger partial charge in [0, 0.05) is 16.6 Å². The summed E-state index contributed by atoms with van der Waals surface area (Å²) in [5.74, 6) is -0.0572. The van der Waals surface area contributed by atoms with Crippen molar-refractivity contribution < 1.29 is 13.9 Å². The van der Waals surface area contributed by atoms with E-state index >= 15 is 0 Å². The maximum Gasteiger partial charge on any atom is 0.257 e. The summed E-state index contributed by atoms with van der Waals surface area (Å²) >= 11 is 3.27.